The first-order valence-corrected chi connectivity index (χ1v) is 6.05. The highest BCUT2D eigenvalue weighted by Gasteiger charge is 1.87. The smallest absolute Gasteiger partial charge is 0.00637 e. The summed E-state index contributed by atoms with van der Waals surface area (Å²) in [4.78, 5) is 0. The van der Waals surface area contributed by atoms with Gasteiger partial charge in [-0.3, -0.25) is 0 Å². The summed E-state index contributed by atoms with van der Waals surface area (Å²) in [5, 5.41) is 0. The quantitative estimate of drug-likeness (QED) is 0.405. The normalized spacial score (nSPS) is 10.1. The Bertz CT molecular complexity index is 178. The van der Waals surface area contributed by atoms with Gasteiger partial charge in [-0.25, -0.2) is 0 Å². The summed E-state index contributed by atoms with van der Waals surface area (Å²) in [6.07, 6.45) is 14.6. The molecule has 0 aromatic carbocycles. The van der Waals surface area contributed by atoms with Gasteiger partial charge in [-0.2, -0.15) is 0 Å². The van der Waals surface area contributed by atoms with Crippen molar-refractivity contribution in [3.63, 3.8) is 0 Å². The van der Waals surface area contributed by atoms with Gasteiger partial charge in [-0.15, -0.1) is 0 Å². The number of unbranched alkanes of at least 4 members (excludes halogenated alkanes) is 6. The van der Waals surface area contributed by atoms with Gasteiger partial charge in [0.1, 0.15) is 0 Å². The van der Waals surface area contributed by atoms with Gasteiger partial charge in [0, 0.05) is 6.42 Å². The molecule has 0 aromatic heterocycles. The highest BCUT2D eigenvalue weighted by molar-refractivity contribution is 5.14. The second-order valence-electron chi connectivity index (χ2n) is 3.63. The average Bonchev–Trinajstić information content (AvgIpc) is 2.21. The lowest BCUT2D eigenvalue weighted by atomic mass is 10.1. The fraction of sp³-hybridized carbons (Fsp3) is 0.714. The first-order chi connectivity index (χ1) is 6.91. The van der Waals surface area contributed by atoms with E-state index in [2.05, 4.69) is 31.8 Å². The Kier molecular flexibility index (Phi) is 11.7. The Morgan fingerprint density at radius 2 is 1.64 bits per heavy atom. The number of hydrogen-bond donors (Lipinski definition) is 0. The SMILES string of the molecule is CCC#C/C=C/CCCCCCCC. The molecule has 0 rings (SSSR count). The van der Waals surface area contributed by atoms with E-state index in [9.17, 15) is 0 Å². The summed E-state index contributed by atoms with van der Waals surface area (Å²) in [5.41, 5.74) is 0. The van der Waals surface area contributed by atoms with Crippen molar-refractivity contribution >= 4 is 0 Å². The molecule has 0 nitrogen and oxygen atoms in total. The second-order valence-corrected chi connectivity index (χ2v) is 3.63. The standard InChI is InChI=1S/C14H24/c1-3-5-7-9-11-13-14-12-10-8-6-4-2/h10,12H,3-5,7,9,11,13-14H2,1-2H3/b12-10+. The van der Waals surface area contributed by atoms with Gasteiger partial charge in [-0.1, -0.05) is 63.9 Å². The molecule has 0 N–H and O–H groups in total. The molecular weight excluding hydrogens is 168 g/mol. The van der Waals surface area contributed by atoms with Crippen LogP contribution in [0.4, 0.5) is 0 Å². The van der Waals surface area contributed by atoms with Crippen molar-refractivity contribution < 1.29 is 0 Å². The Morgan fingerprint density at radius 3 is 2.36 bits per heavy atom. The average molecular weight is 192 g/mol. The summed E-state index contributed by atoms with van der Waals surface area (Å²) >= 11 is 0. The van der Waals surface area contributed by atoms with E-state index in [1.54, 1.807) is 0 Å². The van der Waals surface area contributed by atoms with Gasteiger partial charge in [0.2, 0.25) is 0 Å². The minimum Gasteiger partial charge on any atom is -0.0988 e. The van der Waals surface area contributed by atoms with E-state index in [0.717, 1.165) is 6.42 Å². The van der Waals surface area contributed by atoms with Crippen molar-refractivity contribution in [2.24, 2.45) is 0 Å². The molecule has 0 amide bonds. The maximum atomic E-state index is 3.03. The molecule has 0 saturated heterocycles. The second kappa shape index (κ2) is 12.3. The molecule has 14 heavy (non-hydrogen) atoms. The number of rotatable bonds is 7. The molecule has 0 heteroatoms. The molecule has 0 aliphatic rings. The number of allylic oxidation sites excluding steroid dienone is 2. The monoisotopic (exact) mass is 192 g/mol. The van der Waals surface area contributed by atoms with Crippen LogP contribution in [0.3, 0.4) is 0 Å². The van der Waals surface area contributed by atoms with Crippen LogP contribution < -0.4 is 0 Å². The first-order valence-electron chi connectivity index (χ1n) is 6.05. The maximum absolute atomic E-state index is 3.03. The molecule has 0 spiro atoms. The molecule has 0 heterocycles. The Morgan fingerprint density at radius 1 is 0.929 bits per heavy atom. The third kappa shape index (κ3) is 11.3. The lowest BCUT2D eigenvalue weighted by Gasteiger charge is -1.96. The summed E-state index contributed by atoms with van der Waals surface area (Å²) in [6.45, 7) is 4.34. The van der Waals surface area contributed by atoms with E-state index in [-0.39, 0.29) is 0 Å². The Labute approximate surface area is 89.8 Å². The fourth-order valence-corrected chi connectivity index (χ4v) is 1.35. The fourth-order valence-electron chi connectivity index (χ4n) is 1.35. The molecule has 0 atom stereocenters. The van der Waals surface area contributed by atoms with Crippen LogP contribution in [0.15, 0.2) is 12.2 Å². The Hall–Kier alpha value is -0.700. The van der Waals surface area contributed by atoms with Gasteiger partial charge < -0.3 is 0 Å². The molecule has 0 unspecified atom stereocenters. The third-order valence-electron chi connectivity index (χ3n) is 2.20. The van der Waals surface area contributed by atoms with Crippen LogP contribution in [0.25, 0.3) is 0 Å². The minimum atomic E-state index is 0.960. The zero-order valence-electron chi connectivity index (χ0n) is 9.81. The van der Waals surface area contributed by atoms with Crippen LogP contribution >= 0.6 is 0 Å². The third-order valence-corrected chi connectivity index (χ3v) is 2.20. The molecule has 0 fully saturated rings. The molecule has 0 radical (unpaired) electrons. The summed E-state index contributed by atoms with van der Waals surface area (Å²) in [7, 11) is 0. The van der Waals surface area contributed by atoms with Gasteiger partial charge in [-0.05, 0) is 18.9 Å². The summed E-state index contributed by atoms with van der Waals surface area (Å²) in [6, 6.07) is 0. The topological polar surface area (TPSA) is 0 Å². The van der Waals surface area contributed by atoms with Crippen LogP contribution in [0, 0.1) is 11.8 Å². The lowest BCUT2D eigenvalue weighted by Crippen LogP contribution is -1.77. The van der Waals surface area contributed by atoms with Gasteiger partial charge in [0.25, 0.3) is 0 Å². The molecule has 80 valence electrons. The van der Waals surface area contributed by atoms with Crippen molar-refractivity contribution in [1.82, 2.24) is 0 Å². The van der Waals surface area contributed by atoms with Crippen molar-refractivity contribution in [3.05, 3.63) is 12.2 Å². The maximum Gasteiger partial charge on any atom is 0.00637 e. The first kappa shape index (κ1) is 13.3. The van der Waals surface area contributed by atoms with Gasteiger partial charge >= 0.3 is 0 Å². The molecule has 0 aromatic rings. The predicted molar refractivity (Wildman–Crippen MR) is 65.2 cm³/mol. The number of hydrogen-bond acceptors (Lipinski definition) is 0. The minimum absolute atomic E-state index is 0.960. The van der Waals surface area contributed by atoms with Crippen LogP contribution in [-0.4, -0.2) is 0 Å². The zero-order valence-corrected chi connectivity index (χ0v) is 9.81. The van der Waals surface area contributed by atoms with Gasteiger partial charge in [0.15, 0.2) is 0 Å². The van der Waals surface area contributed by atoms with Crippen molar-refractivity contribution in [1.29, 1.82) is 0 Å². The predicted octanol–water partition coefficient (Wildman–Crippen LogP) is 4.71. The summed E-state index contributed by atoms with van der Waals surface area (Å²) < 4.78 is 0. The van der Waals surface area contributed by atoms with Crippen LogP contribution in [0.5, 0.6) is 0 Å². The highest BCUT2D eigenvalue weighted by atomic mass is 13.9. The molecular formula is C14H24. The van der Waals surface area contributed by atoms with E-state index < -0.39 is 0 Å². The molecule has 0 bridgehead atoms. The van der Waals surface area contributed by atoms with Crippen LogP contribution in [-0.2, 0) is 0 Å². The molecule has 0 aliphatic carbocycles. The molecule has 0 saturated carbocycles. The van der Waals surface area contributed by atoms with Crippen molar-refractivity contribution in [3.8, 4) is 11.8 Å². The van der Waals surface area contributed by atoms with Crippen molar-refractivity contribution in [2.45, 2.75) is 65.2 Å². The van der Waals surface area contributed by atoms with E-state index in [1.807, 2.05) is 6.08 Å². The van der Waals surface area contributed by atoms with Crippen LogP contribution in [0.1, 0.15) is 65.2 Å². The lowest BCUT2D eigenvalue weighted by molar-refractivity contribution is 0.611. The highest BCUT2D eigenvalue weighted by Crippen LogP contribution is 2.06. The van der Waals surface area contributed by atoms with E-state index in [4.69, 9.17) is 0 Å². The van der Waals surface area contributed by atoms with E-state index in [1.165, 1.54) is 44.9 Å². The molecule has 0 aliphatic heterocycles. The largest absolute Gasteiger partial charge is 0.0988 e. The summed E-state index contributed by atoms with van der Waals surface area (Å²) in [5.74, 6) is 6.05. The Balaban J connectivity index is 3.09. The van der Waals surface area contributed by atoms with E-state index in [0.29, 0.717) is 0 Å². The van der Waals surface area contributed by atoms with Crippen molar-refractivity contribution in [2.75, 3.05) is 0 Å². The van der Waals surface area contributed by atoms with Crippen LogP contribution in [0.2, 0.25) is 0 Å². The van der Waals surface area contributed by atoms with E-state index >= 15 is 0 Å². The van der Waals surface area contributed by atoms with Gasteiger partial charge in [0.05, 0.1) is 0 Å². The zero-order chi connectivity index (χ0) is 10.5.